The van der Waals surface area contributed by atoms with Crippen LogP contribution in [-0.2, 0) is 0 Å². The molecule has 0 aromatic carbocycles. The molecule has 4 aliphatic rings. The van der Waals surface area contributed by atoms with E-state index in [4.69, 9.17) is 40.1 Å². The molecule has 0 amide bonds. The maximum atomic E-state index is 6.57. The molecule has 132 valence electrons. The quantitative estimate of drug-likeness (QED) is 0.251. The van der Waals surface area contributed by atoms with Crippen molar-refractivity contribution in [2.24, 2.45) is 75.6 Å². The molecular weight excluding hydrogens is 290 g/mol. The van der Waals surface area contributed by atoms with Gasteiger partial charge >= 0.3 is 0 Å². The molecule has 4 rings (SSSR count). The molecule has 4 fully saturated rings. The molecule has 0 aromatic rings. The summed E-state index contributed by atoms with van der Waals surface area (Å²) in [6.07, 6.45) is 2.62. The van der Waals surface area contributed by atoms with Crippen LogP contribution in [0.1, 0.15) is 19.3 Å². The standard InChI is InChI=1S/C16H33N7/c17-4-1-5-9-6(2-4)14(21)16(23)11-8(19)3-7(18)10(12(9)11)15(22)13(5)20/h4-16H,1-3,17-23H2. The Morgan fingerprint density at radius 3 is 1.30 bits per heavy atom. The zero-order valence-electron chi connectivity index (χ0n) is 13.7. The smallest absolute Gasteiger partial charge is 0.0241 e. The second-order valence-electron chi connectivity index (χ2n) is 8.74. The van der Waals surface area contributed by atoms with Gasteiger partial charge in [-0.25, -0.2) is 0 Å². The molecule has 7 nitrogen and oxygen atoms in total. The normalized spacial score (nSPS) is 65.1. The minimum absolute atomic E-state index is 0.00558. The summed E-state index contributed by atoms with van der Waals surface area (Å²) in [4.78, 5) is 0. The lowest BCUT2D eigenvalue weighted by Crippen LogP contribution is -2.77. The van der Waals surface area contributed by atoms with E-state index in [0.717, 1.165) is 19.3 Å². The molecule has 0 saturated heterocycles. The third-order valence-electron chi connectivity index (χ3n) is 7.77. The molecule has 4 aliphatic carbocycles. The van der Waals surface area contributed by atoms with Crippen LogP contribution in [0.5, 0.6) is 0 Å². The molecule has 7 heteroatoms. The van der Waals surface area contributed by atoms with Crippen LogP contribution < -0.4 is 40.1 Å². The average Bonchev–Trinajstić information content (AvgIpc) is 2.48. The zero-order valence-corrected chi connectivity index (χ0v) is 13.7. The first-order valence-corrected chi connectivity index (χ1v) is 9.12. The molecule has 0 aliphatic heterocycles. The predicted molar refractivity (Wildman–Crippen MR) is 90.6 cm³/mol. The molecule has 23 heavy (non-hydrogen) atoms. The van der Waals surface area contributed by atoms with Crippen molar-refractivity contribution in [3.05, 3.63) is 0 Å². The van der Waals surface area contributed by atoms with E-state index in [1.54, 1.807) is 0 Å². The van der Waals surface area contributed by atoms with Gasteiger partial charge in [-0.2, -0.15) is 0 Å². The maximum absolute atomic E-state index is 6.57. The molecule has 10 unspecified atom stereocenters. The van der Waals surface area contributed by atoms with Gasteiger partial charge in [0.25, 0.3) is 0 Å². The zero-order chi connectivity index (χ0) is 16.6. The molecule has 0 heterocycles. The van der Waals surface area contributed by atoms with Crippen LogP contribution in [0.15, 0.2) is 0 Å². The van der Waals surface area contributed by atoms with E-state index in [1.807, 2.05) is 0 Å². The third-order valence-corrected chi connectivity index (χ3v) is 7.77. The van der Waals surface area contributed by atoms with E-state index in [1.165, 1.54) is 0 Å². The van der Waals surface area contributed by atoms with Crippen LogP contribution in [0.25, 0.3) is 0 Å². The second kappa shape index (κ2) is 5.36. The van der Waals surface area contributed by atoms with Gasteiger partial charge in [0.15, 0.2) is 0 Å². The van der Waals surface area contributed by atoms with Gasteiger partial charge in [0.05, 0.1) is 0 Å². The lowest BCUT2D eigenvalue weighted by molar-refractivity contribution is -0.122. The van der Waals surface area contributed by atoms with E-state index in [9.17, 15) is 0 Å². The molecule has 4 saturated carbocycles. The average molecular weight is 323 g/mol. The van der Waals surface area contributed by atoms with Gasteiger partial charge in [0.2, 0.25) is 0 Å². The van der Waals surface area contributed by atoms with E-state index in [-0.39, 0.29) is 54.1 Å². The number of nitrogens with two attached hydrogens (primary N) is 7. The summed E-state index contributed by atoms with van der Waals surface area (Å²) in [5, 5.41) is 0. The molecule has 0 bridgehead atoms. The van der Waals surface area contributed by atoms with Crippen molar-refractivity contribution >= 4 is 0 Å². The summed E-state index contributed by atoms with van der Waals surface area (Å²) in [6.45, 7) is 0. The summed E-state index contributed by atoms with van der Waals surface area (Å²) in [6, 6.07) is -0.165. The van der Waals surface area contributed by atoms with E-state index in [2.05, 4.69) is 0 Å². The van der Waals surface area contributed by atoms with Gasteiger partial charge in [0.1, 0.15) is 0 Å². The molecule has 14 N–H and O–H groups in total. The van der Waals surface area contributed by atoms with Gasteiger partial charge < -0.3 is 40.1 Å². The number of rotatable bonds is 0. The molecule has 10 atom stereocenters. The summed E-state index contributed by atoms with van der Waals surface area (Å²) in [7, 11) is 0. The highest BCUT2D eigenvalue weighted by Crippen LogP contribution is 2.58. The highest BCUT2D eigenvalue weighted by atomic mass is 15.0. The number of hydrogen-bond acceptors (Lipinski definition) is 7. The molecule has 0 radical (unpaired) electrons. The lowest BCUT2D eigenvalue weighted by atomic mass is 9.42. The van der Waals surface area contributed by atoms with Crippen molar-refractivity contribution in [1.29, 1.82) is 0 Å². The Bertz CT molecular complexity index is 435. The Kier molecular flexibility index (Phi) is 3.77. The van der Waals surface area contributed by atoms with E-state index >= 15 is 0 Å². The fraction of sp³-hybridized carbons (Fsp3) is 1.00. The van der Waals surface area contributed by atoms with Crippen molar-refractivity contribution in [2.45, 2.75) is 61.6 Å². The van der Waals surface area contributed by atoms with Crippen LogP contribution >= 0.6 is 0 Å². The fourth-order valence-corrected chi connectivity index (χ4v) is 6.96. The van der Waals surface area contributed by atoms with Crippen LogP contribution in [-0.4, -0.2) is 42.3 Å². The Morgan fingerprint density at radius 2 is 0.870 bits per heavy atom. The maximum Gasteiger partial charge on any atom is 0.0241 e. The van der Waals surface area contributed by atoms with Gasteiger partial charge in [-0.15, -0.1) is 0 Å². The van der Waals surface area contributed by atoms with E-state index < -0.39 is 0 Å². The second-order valence-corrected chi connectivity index (χ2v) is 8.74. The summed E-state index contributed by atoms with van der Waals surface area (Å²) in [5.41, 5.74) is 45.6. The summed E-state index contributed by atoms with van der Waals surface area (Å²) >= 11 is 0. The van der Waals surface area contributed by atoms with Crippen LogP contribution in [0.4, 0.5) is 0 Å². The molecular formula is C16H33N7. The topological polar surface area (TPSA) is 182 Å². The van der Waals surface area contributed by atoms with Gasteiger partial charge in [-0.05, 0) is 54.8 Å². The minimum Gasteiger partial charge on any atom is -0.328 e. The minimum atomic E-state index is -0.0984. The van der Waals surface area contributed by atoms with Crippen molar-refractivity contribution in [3.63, 3.8) is 0 Å². The molecule has 0 spiro atoms. The first-order chi connectivity index (χ1) is 10.8. The van der Waals surface area contributed by atoms with Crippen LogP contribution in [0.2, 0.25) is 0 Å². The monoisotopic (exact) mass is 323 g/mol. The summed E-state index contributed by atoms with van der Waals surface area (Å²) < 4.78 is 0. The predicted octanol–water partition coefficient (Wildman–Crippen LogP) is -2.80. The van der Waals surface area contributed by atoms with Gasteiger partial charge in [0, 0.05) is 42.3 Å². The lowest BCUT2D eigenvalue weighted by Gasteiger charge is -2.66. The Morgan fingerprint density at radius 1 is 0.435 bits per heavy atom. The van der Waals surface area contributed by atoms with Crippen LogP contribution in [0, 0.1) is 35.5 Å². The van der Waals surface area contributed by atoms with Gasteiger partial charge in [-0.1, -0.05) is 0 Å². The van der Waals surface area contributed by atoms with Crippen LogP contribution in [0.3, 0.4) is 0 Å². The Hall–Kier alpha value is -0.280. The Balaban J connectivity index is 1.81. The first-order valence-electron chi connectivity index (χ1n) is 9.12. The Labute approximate surface area is 138 Å². The molecule has 0 aromatic heterocycles. The highest BCUT2D eigenvalue weighted by molar-refractivity contribution is 5.18. The van der Waals surface area contributed by atoms with E-state index in [0.29, 0.717) is 23.7 Å². The highest BCUT2D eigenvalue weighted by Gasteiger charge is 2.63. The SMILES string of the molecule is NC1CC2C(N)C(N)C3C(N)CC(N)C4C(N)C(N)C(C1)C2C34. The fourth-order valence-electron chi connectivity index (χ4n) is 6.96. The summed E-state index contributed by atoms with van der Waals surface area (Å²) in [5.74, 6) is 1.81. The largest absolute Gasteiger partial charge is 0.328 e. The third kappa shape index (κ3) is 2.08. The van der Waals surface area contributed by atoms with Crippen molar-refractivity contribution < 1.29 is 0 Å². The van der Waals surface area contributed by atoms with Gasteiger partial charge in [-0.3, -0.25) is 0 Å². The number of hydrogen-bond donors (Lipinski definition) is 7. The van der Waals surface area contributed by atoms with Crippen molar-refractivity contribution in [1.82, 2.24) is 0 Å². The first kappa shape index (κ1) is 16.2. The van der Waals surface area contributed by atoms with Crippen molar-refractivity contribution in [2.75, 3.05) is 0 Å². The van der Waals surface area contributed by atoms with Crippen molar-refractivity contribution in [3.8, 4) is 0 Å².